The van der Waals surface area contributed by atoms with E-state index in [0.717, 1.165) is 62.9 Å². The highest BCUT2D eigenvalue weighted by atomic mass is 16.2. The summed E-state index contributed by atoms with van der Waals surface area (Å²) in [4.78, 5) is 39.9. The zero-order chi connectivity index (χ0) is 20.6. The van der Waals surface area contributed by atoms with E-state index < -0.39 is 5.54 Å². The molecule has 1 unspecified atom stereocenters. The second-order valence-corrected chi connectivity index (χ2v) is 8.78. The van der Waals surface area contributed by atoms with Gasteiger partial charge in [0.1, 0.15) is 5.54 Å². The number of aromatic nitrogens is 2. The Morgan fingerprint density at radius 2 is 1.87 bits per heavy atom. The molecule has 6 nitrogen and oxygen atoms in total. The normalized spacial score (nSPS) is 23.7. The minimum Gasteiger partial charge on any atom is -0.335 e. The van der Waals surface area contributed by atoms with E-state index in [1.54, 1.807) is 12.4 Å². The zero-order valence-electron chi connectivity index (χ0n) is 17.3. The van der Waals surface area contributed by atoms with Crippen LogP contribution >= 0.6 is 0 Å². The lowest BCUT2D eigenvalue weighted by Gasteiger charge is -2.44. The van der Waals surface area contributed by atoms with Crippen LogP contribution in [0.5, 0.6) is 0 Å². The van der Waals surface area contributed by atoms with Crippen molar-refractivity contribution in [1.29, 1.82) is 0 Å². The SMILES string of the molecule is O=C(c1cnc2c(c1)CCCC2)N1CCCC12CCCN(Cc1ccccn1)C2=O. The lowest BCUT2D eigenvalue weighted by molar-refractivity contribution is -0.146. The first kappa shape index (κ1) is 19.2. The average molecular weight is 405 g/mol. The molecule has 1 spiro atoms. The lowest BCUT2D eigenvalue weighted by Crippen LogP contribution is -2.61. The van der Waals surface area contributed by atoms with Crippen molar-refractivity contribution in [2.24, 2.45) is 0 Å². The fraction of sp³-hybridized carbons (Fsp3) is 0.500. The summed E-state index contributed by atoms with van der Waals surface area (Å²) in [6.07, 6.45) is 11.1. The van der Waals surface area contributed by atoms with Crippen molar-refractivity contribution >= 4 is 11.8 Å². The number of likely N-dealkylation sites (tertiary alicyclic amines) is 2. The smallest absolute Gasteiger partial charge is 0.256 e. The molecule has 0 aromatic carbocycles. The number of piperidine rings is 1. The van der Waals surface area contributed by atoms with Crippen LogP contribution in [-0.2, 0) is 24.2 Å². The van der Waals surface area contributed by atoms with Crippen LogP contribution in [0.2, 0.25) is 0 Å². The Morgan fingerprint density at radius 3 is 2.70 bits per heavy atom. The molecule has 2 amide bonds. The molecule has 0 radical (unpaired) electrons. The molecule has 2 fully saturated rings. The Bertz CT molecular complexity index is 961. The number of hydrogen-bond donors (Lipinski definition) is 0. The molecule has 2 aromatic rings. The number of amides is 2. The highest BCUT2D eigenvalue weighted by molar-refractivity contribution is 6.00. The third kappa shape index (κ3) is 3.28. The molecule has 2 saturated heterocycles. The van der Waals surface area contributed by atoms with Crippen molar-refractivity contribution in [2.45, 2.75) is 63.5 Å². The molecule has 0 N–H and O–H groups in total. The monoisotopic (exact) mass is 404 g/mol. The van der Waals surface area contributed by atoms with Gasteiger partial charge in [0.2, 0.25) is 5.91 Å². The number of hydrogen-bond acceptors (Lipinski definition) is 4. The molecule has 4 heterocycles. The molecule has 3 aliphatic rings. The first-order valence-electron chi connectivity index (χ1n) is 11.2. The maximum Gasteiger partial charge on any atom is 0.256 e. The minimum absolute atomic E-state index is 0.0404. The van der Waals surface area contributed by atoms with Crippen molar-refractivity contribution in [1.82, 2.24) is 19.8 Å². The summed E-state index contributed by atoms with van der Waals surface area (Å²) >= 11 is 0. The van der Waals surface area contributed by atoms with Crippen molar-refractivity contribution in [3.05, 3.63) is 59.2 Å². The van der Waals surface area contributed by atoms with Crippen LogP contribution in [0, 0.1) is 0 Å². The number of rotatable bonds is 3. The van der Waals surface area contributed by atoms with Crippen molar-refractivity contribution in [3.8, 4) is 0 Å². The fourth-order valence-corrected chi connectivity index (χ4v) is 5.42. The number of carbonyl (C=O) groups is 2. The summed E-state index contributed by atoms with van der Waals surface area (Å²) in [5.41, 5.74) is 3.14. The summed E-state index contributed by atoms with van der Waals surface area (Å²) in [5.74, 6) is 0.0394. The molecule has 30 heavy (non-hydrogen) atoms. The Kier molecular flexibility index (Phi) is 5.01. The zero-order valence-corrected chi connectivity index (χ0v) is 17.3. The molecule has 0 saturated carbocycles. The Balaban J connectivity index is 1.40. The maximum absolute atomic E-state index is 13.6. The highest BCUT2D eigenvalue weighted by Gasteiger charge is 2.52. The van der Waals surface area contributed by atoms with Gasteiger partial charge in [0, 0.05) is 31.2 Å². The molecule has 1 atom stereocenters. The van der Waals surface area contributed by atoms with E-state index in [-0.39, 0.29) is 11.8 Å². The Morgan fingerprint density at radius 1 is 1.03 bits per heavy atom. The second-order valence-electron chi connectivity index (χ2n) is 8.78. The quantitative estimate of drug-likeness (QED) is 0.788. The molecule has 6 heteroatoms. The summed E-state index contributed by atoms with van der Waals surface area (Å²) in [6, 6.07) is 7.80. The molecule has 5 rings (SSSR count). The number of carbonyl (C=O) groups excluding carboxylic acids is 2. The van der Waals surface area contributed by atoms with Gasteiger partial charge in [-0.3, -0.25) is 19.6 Å². The Labute approximate surface area is 177 Å². The van der Waals surface area contributed by atoms with Gasteiger partial charge in [-0.15, -0.1) is 0 Å². The second kappa shape index (κ2) is 7.82. The van der Waals surface area contributed by atoms with Crippen molar-refractivity contribution in [3.63, 3.8) is 0 Å². The predicted molar refractivity (Wildman–Crippen MR) is 113 cm³/mol. The van der Waals surface area contributed by atoms with Crippen LogP contribution in [0.4, 0.5) is 0 Å². The van der Waals surface area contributed by atoms with Crippen molar-refractivity contribution < 1.29 is 9.59 Å². The van der Waals surface area contributed by atoms with Crippen LogP contribution < -0.4 is 0 Å². The van der Waals surface area contributed by atoms with E-state index in [1.807, 2.05) is 34.1 Å². The van der Waals surface area contributed by atoms with Crippen LogP contribution in [-0.4, -0.2) is 50.2 Å². The van der Waals surface area contributed by atoms with E-state index in [0.29, 0.717) is 18.7 Å². The molecule has 0 bridgehead atoms. The Hall–Kier alpha value is -2.76. The summed E-state index contributed by atoms with van der Waals surface area (Å²) < 4.78 is 0. The van der Waals surface area contributed by atoms with Gasteiger partial charge in [-0.2, -0.15) is 0 Å². The van der Waals surface area contributed by atoms with Crippen LogP contribution in [0.1, 0.15) is 65.8 Å². The average Bonchev–Trinajstić information content (AvgIpc) is 3.21. The number of aryl methyl sites for hydroxylation is 2. The predicted octanol–water partition coefficient (Wildman–Crippen LogP) is 3.15. The molecule has 2 aliphatic heterocycles. The number of fused-ring (bicyclic) bond motifs is 1. The van der Waals surface area contributed by atoms with Gasteiger partial charge in [-0.1, -0.05) is 6.07 Å². The van der Waals surface area contributed by atoms with Crippen LogP contribution in [0.3, 0.4) is 0 Å². The third-order valence-electron chi connectivity index (χ3n) is 6.93. The van der Waals surface area contributed by atoms with E-state index in [2.05, 4.69) is 9.97 Å². The minimum atomic E-state index is -0.708. The molecular weight excluding hydrogens is 376 g/mol. The van der Waals surface area contributed by atoms with Crippen LogP contribution in [0.15, 0.2) is 36.7 Å². The summed E-state index contributed by atoms with van der Waals surface area (Å²) in [7, 11) is 0. The highest BCUT2D eigenvalue weighted by Crippen LogP contribution is 2.39. The van der Waals surface area contributed by atoms with Gasteiger partial charge in [0.05, 0.1) is 17.8 Å². The summed E-state index contributed by atoms with van der Waals surface area (Å²) in [5, 5.41) is 0. The lowest BCUT2D eigenvalue weighted by atomic mass is 9.84. The molecule has 2 aromatic heterocycles. The van der Waals surface area contributed by atoms with E-state index in [4.69, 9.17) is 0 Å². The van der Waals surface area contributed by atoms with Gasteiger partial charge < -0.3 is 9.80 Å². The topological polar surface area (TPSA) is 66.4 Å². The van der Waals surface area contributed by atoms with Gasteiger partial charge >= 0.3 is 0 Å². The molecule has 156 valence electrons. The van der Waals surface area contributed by atoms with Gasteiger partial charge in [0.15, 0.2) is 0 Å². The van der Waals surface area contributed by atoms with E-state index in [9.17, 15) is 9.59 Å². The van der Waals surface area contributed by atoms with E-state index in [1.165, 1.54) is 12.0 Å². The standard InChI is InChI=1S/C24H28N4O2/c29-22(19-15-18-7-1-2-9-21(18)26-16-19)28-14-6-11-24(28)10-5-13-27(23(24)30)17-20-8-3-4-12-25-20/h3-4,8,12,15-16H,1-2,5-7,9-11,13-14,17H2. The molecular formula is C24H28N4O2. The van der Waals surface area contributed by atoms with Gasteiger partial charge in [0.25, 0.3) is 5.91 Å². The molecule has 1 aliphatic carbocycles. The third-order valence-corrected chi connectivity index (χ3v) is 6.93. The van der Waals surface area contributed by atoms with E-state index >= 15 is 0 Å². The first-order chi connectivity index (χ1) is 14.7. The largest absolute Gasteiger partial charge is 0.335 e. The number of pyridine rings is 2. The maximum atomic E-state index is 13.6. The summed E-state index contributed by atoms with van der Waals surface area (Å²) in [6.45, 7) is 1.86. The van der Waals surface area contributed by atoms with Gasteiger partial charge in [-0.25, -0.2) is 0 Å². The van der Waals surface area contributed by atoms with Gasteiger partial charge in [-0.05, 0) is 75.1 Å². The van der Waals surface area contributed by atoms with Crippen molar-refractivity contribution in [2.75, 3.05) is 13.1 Å². The fourth-order valence-electron chi connectivity index (χ4n) is 5.42. The first-order valence-corrected chi connectivity index (χ1v) is 11.2. The van der Waals surface area contributed by atoms with Crippen LogP contribution in [0.25, 0.3) is 0 Å². The number of nitrogens with zero attached hydrogens (tertiary/aromatic N) is 4.